The van der Waals surface area contributed by atoms with Crippen LogP contribution in [0.15, 0.2) is 46.3 Å². The first-order valence-electron chi connectivity index (χ1n) is 10.4. The summed E-state index contributed by atoms with van der Waals surface area (Å²) in [6, 6.07) is 11.6. The van der Waals surface area contributed by atoms with Crippen molar-refractivity contribution in [2.24, 2.45) is 5.92 Å². The number of hydrogen-bond acceptors (Lipinski definition) is 9. The van der Waals surface area contributed by atoms with E-state index in [9.17, 15) is 18.5 Å². The summed E-state index contributed by atoms with van der Waals surface area (Å²) in [5.41, 5.74) is 1.90. The van der Waals surface area contributed by atoms with E-state index in [1.54, 1.807) is 13.0 Å². The van der Waals surface area contributed by atoms with E-state index in [0.717, 1.165) is 23.5 Å². The Kier molecular flexibility index (Phi) is 8.60. The Morgan fingerprint density at radius 3 is 2.53 bits per heavy atom. The largest absolute Gasteiger partial charge is 0.326 e. The third-order valence-corrected chi connectivity index (χ3v) is 7.65. The Morgan fingerprint density at radius 1 is 1.18 bits per heavy atom. The molecule has 0 spiro atoms. The second-order valence-electron chi connectivity index (χ2n) is 7.77. The summed E-state index contributed by atoms with van der Waals surface area (Å²) in [6.07, 6.45) is 1.03. The number of pyridine rings is 1. The molecule has 0 aliphatic carbocycles. The minimum Gasteiger partial charge on any atom is -0.326 e. The first-order chi connectivity index (χ1) is 16.2. The Hall–Kier alpha value is -3.01. The number of anilines is 2. The van der Waals surface area contributed by atoms with Gasteiger partial charge in [0, 0.05) is 23.6 Å². The molecule has 2 aromatic heterocycles. The predicted octanol–water partition coefficient (Wildman–Crippen LogP) is 4.23. The molecule has 0 aliphatic heterocycles. The van der Waals surface area contributed by atoms with Crippen molar-refractivity contribution in [2.45, 2.75) is 43.5 Å². The maximum Gasteiger partial charge on any atom is 0.263 e. The molecule has 1 aromatic carbocycles. The van der Waals surface area contributed by atoms with Crippen LogP contribution >= 0.6 is 23.1 Å². The normalized spacial score (nSPS) is 11.3. The number of rotatable bonds is 10. The number of thioether (sulfide) groups is 1. The lowest BCUT2D eigenvalue weighted by Gasteiger charge is -2.09. The summed E-state index contributed by atoms with van der Waals surface area (Å²) in [7, 11) is -3.80. The zero-order valence-corrected chi connectivity index (χ0v) is 21.4. The number of nitrogens with zero attached hydrogens (tertiary/aromatic N) is 4. The number of amides is 1. The number of carbonyl (C=O) groups is 1. The van der Waals surface area contributed by atoms with Crippen LogP contribution < -0.4 is 10.0 Å². The number of hydrogen-bond donors (Lipinski definition) is 2. The van der Waals surface area contributed by atoms with Crippen molar-refractivity contribution >= 4 is 49.8 Å². The highest BCUT2D eigenvalue weighted by atomic mass is 32.2. The van der Waals surface area contributed by atoms with Crippen molar-refractivity contribution in [3.8, 4) is 6.07 Å². The molecule has 34 heavy (non-hydrogen) atoms. The van der Waals surface area contributed by atoms with Crippen LogP contribution in [0, 0.1) is 24.2 Å². The van der Waals surface area contributed by atoms with Crippen LogP contribution in [-0.2, 0) is 21.2 Å². The van der Waals surface area contributed by atoms with Crippen LogP contribution in [-0.4, -0.2) is 35.3 Å². The average Bonchev–Trinajstić information content (AvgIpc) is 3.17. The second kappa shape index (κ2) is 11.4. The fraction of sp³-hybridized carbons (Fsp3) is 0.318. The standard InChI is InChI=1S/C22H24N6O3S3/c1-14(2)12-18-5-4-16(13-23)21(25-18)32-11-10-20(29)24-17-6-8-19(9-7-17)34(30,31)28-22-27-26-15(3)33-22/h4-9,14H,10-12H2,1-3H3,(H,24,29)(H,27,28). The van der Waals surface area contributed by atoms with Crippen LogP contribution in [0.5, 0.6) is 0 Å². The molecule has 0 atom stereocenters. The molecule has 0 saturated carbocycles. The average molecular weight is 517 g/mol. The molecule has 178 valence electrons. The van der Waals surface area contributed by atoms with Crippen molar-refractivity contribution in [1.29, 1.82) is 5.26 Å². The van der Waals surface area contributed by atoms with E-state index in [-0.39, 0.29) is 22.4 Å². The molecule has 9 nitrogen and oxygen atoms in total. The fourth-order valence-corrected chi connectivity index (χ4v) is 5.65. The number of carbonyl (C=O) groups excluding carboxylic acids is 1. The number of nitriles is 1. The molecule has 0 saturated heterocycles. The molecule has 3 rings (SSSR count). The lowest BCUT2D eigenvalue weighted by Crippen LogP contribution is -2.14. The van der Waals surface area contributed by atoms with Gasteiger partial charge in [-0.25, -0.2) is 13.4 Å². The number of aryl methyl sites for hydroxylation is 1. The van der Waals surface area contributed by atoms with Crippen LogP contribution in [0.25, 0.3) is 0 Å². The van der Waals surface area contributed by atoms with Gasteiger partial charge in [-0.15, -0.1) is 22.0 Å². The van der Waals surface area contributed by atoms with E-state index in [1.165, 1.54) is 36.0 Å². The van der Waals surface area contributed by atoms with Crippen LogP contribution in [0.3, 0.4) is 0 Å². The summed E-state index contributed by atoms with van der Waals surface area (Å²) in [6.45, 7) is 5.94. The summed E-state index contributed by atoms with van der Waals surface area (Å²) in [5.74, 6) is 0.688. The van der Waals surface area contributed by atoms with Gasteiger partial charge in [0.1, 0.15) is 16.1 Å². The van der Waals surface area contributed by atoms with Crippen LogP contribution in [0.4, 0.5) is 10.8 Å². The van der Waals surface area contributed by atoms with E-state index in [2.05, 4.69) is 45.1 Å². The molecule has 3 aromatic rings. The van der Waals surface area contributed by atoms with Crippen LogP contribution in [0.1, 0.15) is 36.5 Å². The van der Waals surface area contributed by atoms with Gasteiger partial charge < -0.3 is 5.32 Å². The monoisotopic (exact) mass is 516 g/mol. The predicted molar refractivity (Wildman–Crippen MR) is 133 cm³/mol. The number of sulfonamides is 1. The molecule has 0 aliphatic rings. The van der Waals surface area contributed by atoms with Gasteiger partial charge >= 0.3 is 0 Å². The van der Waals surface area contributed by atoms with E-state index < -0.39 is 10.0 Å². The third kappa shape index (κ3) is 7.24. The van der Waals surface area contributed by atoms with Gasteiger partial charge in [0.05, 0.1) is 10.5 Å². The molecular formula is C22H24N6O3S3. The smallest absolute Gasteiger partial charge is 0.263 e. The molecule has 2 N–H and O–H groups in total. The summed E-state index contributed by atoms with van der Waals surface area (Å²) in [5, 5.41) is 21.1. The topological polar surface area (TPSA) is 138 Å². The Morgan fingerprint density at radius 2 is 1.91 bits per heavy atom. The minimum atomic E-state index is -3.80. The van der Waals surface area contributed by atoms with Gasteiger partial charge in [0.15, 0.2) is 0 Å². The van der Waals surface area contributed by atoms with Crippen LogP contribution in [0.2, 0.25) is 0 Å². The maximum atomic E-state index is 12.5. The quantitative estimate of drug-likeness (QED) is 0.382. The fourth-order valence-electron chi connectivity index (χ4n) is 2.90. The second-order valence-corrected chi connectivity index (χ2v) is 11.7. The van der Waals surface area contributed by atoms with Crippen molar-refractivity contribution in [3.63, 3.8) is 0 Å². The molecule has 12 heteroatoms. The highest BCUT2D eigenvalue weighted by molar-refractivity contribution is 7.99. The molecule has 2 heterocycles. The van der Waals surface area contributed by atoms with E-state index in [4.69, 9.17) is 0 Å². The first kappa shape index (κ1) is 25.6. The first-order valence-corrected chi connectivity index (χ1v) is 13.7. The number of benzene rings is 1. The maximum absolute atomic E-state index is 12.5. The van der Waals surface area contributed by atoms with Crippen molar-refractivity contribution in [3.05, 3.63) is 52.7 Å². The summed E-state index contributed by atoms with van der Waals surface area (Å²) in [4.78, 5) is 17.0. The van der Waals surface area contributed by atoms with Gasteiger partial charge in [0.2, 0.25) is 11.0 Å². The number of nitrogens with one attached hydrogen (secondary N) is 2. The third-order valence-electron chi connectivity index (χ3n) is 4.42. The molecular weight excluding hydrogens is 492 g/mol. The van der Waals surface area contributed by atoms with Gasteiger partial charge in [-0.2, -0.15) is 5.26 Å². The molecule has 0 bridgehead atoms. The lowest BCUT2D eigenvalue weighted by molar-refractivity contribution is -0.115. The van der Waals surface area contributed by atoms with Gasteiger partial charge in [0.25, 0.3) is 10.0 Å². The van der Waals surface area contributed by atoms with Crippen molar-refractivity contribution in [1.82, 2.24) is 15.2 Å². The molecule has 0 fully saturated rings. The summed E-state index contributed by atoms with van der Waals surface area (Å²) < 4.78 is 27.3. The Balaban J connectivity index is 1.54. The zero-order valence-electron chi connectivity index (χ0n) is 18.9. The molecule has 0 radical (unpaired) electrons. The van der Waals surface area contributed by atoms with Gasteiger partial charge in [-0.05, 0) is 55.7 Å². The summed E-state index contributed by atoms with van der Waals surface area (Å²) >= 11 is 2.51. The number of aromatic nitrogens is 3. The minimum absolute atomic E-state index is 0.0466. The van der Waals surface area contributed by atoms with E-state index in [1.807, 2.05) is 6.07 Å². The highest BCUT2D eigenvalue weighted by Crippen LogP contribution is 2.23. The highest BCUT2D eigenvalue weighted by Gasteiger charge is 2.17. The van der Waals surface area contributed by atoms with E-state index >= 15 is 0 Å². The zero-order chi connectivity index (χ0) is 24.7. The molecule has 0 unspecified atom stereocenters. The SMILES string of the molecule is Cc1nnc(NS(=O)(=O)c2ccc(NC(=O)CCSc3nc(CC(C)C)ccc3C#N)cc2)s1. The lowest BCUT2D eigenvalue weighted by atomic mass is 10.1. The van der Waals surface area contributed by atoms with E-state index in [0.29, 0.717) is 33.0 Å². The van der Waals surface area contributed by atoms with Gasteiger partial charge in [-0.1, -0.05) is 25.2 Å². The Labute approximate surface area is 207 Å². The van der Waals surface area contributed by atoms with Crippen molar-refractivity contribution < 1.29 is 13.2 Å². The Bertz CT molecular complexity index is 1300. The van der Waals surface area contributed by atoms with Crippen molar-refractivity contribution in [2.75, 3.05) is 15.8 Å². The molecule has 1 amide bonds. The van der Waals surface area contributed by atoms with Gasteiger partial charge in [-0.3, -0.25) is 9.52 Å².